The van der Waals surface area contributed by atoms with Crippen LogP contribution in [0.5, 0.6) is 0 Å². The second-order valence-electron chi connectivity index (χ2n) is 0.0891. The number of hydrogen-bond acceptors (Lipinski definition) is 1. The van der Waals surface area contributed by atoms with Crippen LogP contribution in [0.3, 0.4) is 0 Å². The monoisotopic (exact) mass is 190 g/mol. The Balaban J connectivity index is -0.000000000952. The van der Waals surface area contributed by atoms with Gasteiger partial charge in [-0.3, -0.25) is 4.79 Å². The van der Waals surface area contributed by atoms with Gasteiger partial charge in [0.25, 0.3) is 0 Å². The summed E-state index contributed by atoms with van der Waals surface area (Å²) >= 11 is 4.32. The number of carbonyl (C=O) groups excluding carboxylic acids is 1. The highest BCUT2D eigenvalue weighted by Crippen LogP contribution is 1.42. The van der Waals surface area contributed by atoms with Crippen molar-refractivity contribution in [1.29, 1.82) is 0 Å². The number of hydrogen-bond donors (Lipinski definition) is 0. The van der Waals surface area contributed by atoms with Gasteiger partial charge in [-0.2, -0.15) is 0 Å². The first-order chi connectivity index (χ1) is 1.41. The summed E-state index contributed by atoms with van der Waals surface area (Å²) in [6.45, 7) is 0. The van der Waals surface area contributed by atoms with Crippen LogP contribution in [0, 0.1) is 0 Å². The molecule has 0 unspecified atom stereocenters. The van der Waals surface area contributed by atoms with Crippen LogP contribution in [0.1, 0.15) is 0 Å². The molecule has 0 saturated carbocycles. The Hall–Kier alpha value is -0.320. The standard InChI is InChI=1S/CHClO.7H2O/c2-1-3;;;;;;;/h1H;7*1H2. The zero-order valence-electron chi connectivity index (χ0n) is 4.86. The summed E-state index contributed by atoms with van der Waals surface area (Å²) in [4.78, 5) is 8.57. The zero-order valence-corrected chi connectivity index (χ0v) is 5.62. The smallest absolute Gasteiger partial charge is 0.208 e. The molecule has 0 fully saturated rings. The van der Waals surface area contributed by atoms with Gasteiger partial charge in [0.2, 0.25) is 5.75 Å². The Morgan fingerprint density at radius 2 is 0.700 bits per heavy atom. The highest BCUT2D eigenvalue weighted by atomic mass is 35.5. The first kappa shape index (κ1) is 258. The molecule has 9 heteroatoms. The summed E-state index contributed by atoms with van der Waals surface area (Å²) in [6, 6.07) is 0. The van der Waals surface area contributed by atoms with Crippen LogP contribution in [0.4, 0.5) is 0 Å². The minimum Gasteiger partial charge on any atom is -0.412 e. The zero-order chi connectivity index (χ0) is 2.71. The molecule has 0 heterocycles. The summed E-state index contributed by atoms with van der Waals surface area (Å²) < 4.78 is 0. The Bertz CT molecular complexity index is 16.7. The quantitative estimate of drug-likeness (QED) is 0.264. The molecule has 74 valence electrons. The Morgan fingerprint density at radius 1 is 0.700 bits per heavy atom. The molecule has 0 radical (unpaired) electrons. The summed E-state index contributed by atoms with van der Waals surface area (Å²) in [6.07, 6.45) is 0. The molecular formula is CH15ClO8. The molecule has 0 amide bonds. The van der Waals surface area contributed by atoms with E-state index in [0.29, 0.717) is 0 Å². The molecule has 0 atom stereocenters. The fourth-order valence-electron chi connectivity index (χ4n) is 0. The highest BCUT2D eigenvalue weighted by Gasteiger charge is 1.28. The van der Waals surface area contributed by atoms with Gasteiger partial charge in [0.1, 0.15) is 0 Å². The predicted molar refractivity (Wildman–Crippen MR) is 37.9 cm³/mol. The van der Waals surface area contributed by atoms with E-state index in [1.54, 1.807) is 0 Å². The molecule has 0 aromatic carbocycles. The molecule has 10 heavy (non-hydrogen) atoms. The van der Waals surface area contributed by atoms with Gasteiger partial charge in [0, 0.05) is 0 Å². The Labute approximate surface area is 61.6 Å². The first-order valence-electron chi connectivity index (χ1n) is 0.454. The van der Waals surface area contributed by atoms with Gasteiger partial charge in [-0.25, -0.2) is 0 Å². The van der Waals surface area contributed by atoms with Gasteiger partial charge in [-0.05, 0) is 11.6 Å². The Kier molecular flexibility index (Phi) is 28600. The van der Waals surface area contributed by atoms with Gasteiger partial charge >= 0.3 is 0 Å². The fourth-order valence-corrected chi connectivity index (χ4v) is 0. The lowest BCUT2D eigenvalue weighted by molar-refractivity contribution is 0.569. The van der Waals surface area contributed by atoms with Crippen LogP contribution in [0.2, 0.25) is 0 Å². The average molecular weight is 191 g/mol. The van der Waals surface area contributed by atoms with Crippen molar-refractivity contribution in [2.24, 2.45) is 0 Å². The van der Waals surface area contributed by atoms with Crippen molar-refractivity contribution in [3.63, 3.8) is 0 Å². The van der Waals surface area contributed by atoms with Gasteiger partial charge < -0.3 is 38.3 Å². The molecule has 0 saturated heterocycles. The molecule has 0 aromatic rings. The van der Waals surface area contributed by atoms with Crippen LogP contribution in [0.25, 0.3) is 0 Å². The molecule has 0 aliphatic heterocycles. The van der Waals surface area contributed by atoms with Crippen LogP contribution in [-0.2, 0) is 4.79 Å². The number of rotatable bonds is 0. The third-order valence-corrected chi connectivity index (χ3v) is 0. The van der Waals surface area contributed by atoms with Gasteiger partial charge in [0.15, 0.2) is 0 Å². The predicted octanol–water partition coefficient (Wildman–Crippen LogP) is -5.36. The van der Waals surface area contributed by atoms with Crippen molar-refractivity contribution in [3.05, 3.63) is 0 Å². The second kappa shape index (κ2) is 1110. The van der Waals surface area contributed by atoms with Crippen molar-refractivity contribution in [1.82, 2.24) is 0 Å². The van der Waals surface area contributed by atoms with Gasteiger partial charge in [-0.1, -0.05) is 0 Å². The number of carbonyl (C=O) groups is 1. The SMILES string of the molecule is O.O.O.O.O.O.O.O=CCl. The average Bonchev–Trinajstić information content (AvgIpc) is 0.918. The van der Waals surface area contributed by atoms with E-state index in [0.717, 1.165) is 0 Å². The maximum absolute atomic E-state index is 8.57. The van der Waals surface area contributed by atoms with E-state index in [1.807, 2.05) is 0 Å². The minimum atomic E-state index is 0. The van der Waals surface area contributed by atoms with E-state index in [2.05, 4.69) is 11.6 Å². The van der Waals surface area contributed by atoms with Crippen LogP contribution in [0.15, 0.2) is 0 Å². The van der Waals surface area contributed by atoms with Crippen LogP contribution in [-0.4, -0.2) is 44.1 Å². The van der Waals surface area contributed by atoms with Crippen LogP contribution < -0.4 is 0 Å². The minimum absolute atomic E-state index is 0. The first-order valence-corrected chi connectivity index (χ1v) is 0.890. The normalized spacial score (nSPS) is 1.30. The fraction of sp³-hybridized carbons (Fsp3) is 0. The maximum Gasteiger partial charge on any atom is 0.208 e. The largest absolute Gasteiger partial charge is 0.412 e. The second-order valence-corrected chi connectivity index (χ2v) is 0.267. The third kappa shape index (κ3) is 3350. The van der Waals surface area contributed by atoms with E-state index >= 15 is 0 Å². The molecule has 0 aromatic heterocycles. The van der Waals surface area contributed by atoms with Crippen molar-refractivity contribution in [2.75, 3.05) is 0 Å². The Morgan fingerprint density at radius 3 is 0.700 bits per heavy atom. The lowest BCUT2D eigenvalue weighted by Crippen LogP contribution is -1.24. The summed E-state index contributed by atoms with van der Waals surface area (Å²) in [5, 5.41) is 0. The van der Waals surface area contributed by atoms with Crippen LogP contribution >= 0.6 is 11.6 Å². The van der Waals surface area contributed by atoms with Crippen molar-refractivity contribution < 1.29 is 43.1 Å². The summed E-state index contributed by atoms with van der Waals surface area (Å²) in [7, 11) is 0. The lowest BCUT2D eigenvalue weighted by Gasteiger charge is -1.20. The van der Waals surface area contributed by atoms with E-state index in [1.165, 1.54) is 0 Å². The summed E-state index contributed by atoms with van der Waals surface area (Å²) in [5.74, 6) is 0.222. The molecule has 14 N–H and O–H groups in total. The lowest BCUT2D eigenvalue weighted by atomic mass is 11.8. The molecule has 0 bridgehead atoms. The molecular weight excluding hydrogens is 175 g/mol. The highest BCUT2D eigenvalue weighted by molar-refractivity contribution is 6.54. The van der Waals surface area contributed by atoms with E-state index in [9.17, 15) is 0 Å². The molecule has 0 aliphatic carbocycles. The van der Waals surface area contributed by atoms with E-state index in [4.69, 9.17) is 4.79 Å². The molecule has 8 nitrogen and oxygen atoms in total. The third-order valence-electron chi connectivity index (χ3n) is 0. The molecule has 0 rings (SSSR count). The van der Waals surface area contributed by atoms with E-state index < -0.39 is 0 Å². The topological polar surface area (TPSA) is 238 Å². The molecule has 0 spiro atoms. The van der Waals surface area contributed by atoms with E-state index in [-0.39, 0.29) is 44.1 Å². The molecule has 0 aliphatic rings. The maximum atomic E-state index is 8.57. The van der Waals surface area contributed by atoms with Gasteiger partial charge in [0.05, 0.1) is 0 Å². The van der Waals surface area contributed by atoms with Crippen molar-refractivity contribution >= 4 is 17.3 Å². The van der Waals surface area contributed by atoms with Crippen molar-refractivity contribution in [3.8, 4) is 0 Å². The summed E-state index contributed by atoms with van der Waals surface area (Å²) in [5.41, 5.74) is 0. The van der Waals surface area contributed by atoms with Gasteiger partial charge in [-0.15, -0.1) is 0 Å². The van der Waals surface area contributed by atoms with Crippen molar-refractivity contribution in [2.45, 2.75) is 0 Å². The number of halogens is 1.